The van der Waals surface area contributed by atoms with Crippen molar-refractivity contribution in [1.29, 1.82) is 5.26 Å². The third-order valence-electron chi connectivity index (χ3n) is 1.90. The van der Waals surface area contributed by atoms with Gasteiger partial charge in [-0.1, -0.05) is 6.07 Å². The first kappa shape index (κ1) is 10.9. The molecule has 0 N–H and O–H groups in total. The topological polar surface area (TPSA) is 45.9 Å². The van der Waals surface area contributed by atoms with E-state index in [4.69, 9.17) is 10.00 Å². The van der Waals surface area contributed by atoms with Crippen molar-refractivity contribution in [3.05, 3.63) is 51.9 Å². The Morgan fingerprint density at radius 2 is 2.12 bits per heavy atom. The van der Waals surface area contributed by atoms with Crippen LogP contribution in [0.3, 0.4) is 0 Å². The molecule has 0 aliphatic heterocycles. The molecule has 0 bridgehead atoms. The van der Waals surface area contributed by atoms with Gasteiger partial charge < -0.3 is 4.74 Å². The van der Waals surface area contributed by atoms with Crippen molar-refractivity contribution >= 4 is 22.6 Å². The quantitative estimate of drug-likeness (QED) is 0.797. The maximum Gasteiger partial charge on any atom is 0.183 e. The second-order valence-electron chi connectivity index (χ2n) is 3.02. The van der Waals surface area contributed by atoms with Gasteiger partial charge in [-0.2, -0.15) is 5.26 Å². The maximum atomic E-state index is 8.86. The Kier molecular flexibility index (Phi) is 3.37. The number of nitrogens with zero attached hydrogens (tertiary/aromatic N) is 2. The Hall–Kier alpha value is -1.61. The van der Waals surface area contributed by atoms with Gasteiger partial charge in [0.1, 0.15) is 11.8 Å². The van der Waals surface area contributed by atoms with Crippen molar-refractivity contribution in [2.75, 3.05) is 0 Å². The number of hydrogen-bond acceptors (Lipinski definition) is 3. The summed E-state index contributed by atoms with van der Waals surface area (Å²) >= 11 is 2.21. The van der Waals surface area contributed by atoms with Crippen LogP contribution in [0.5, 0.6) is 11.5 Å². The molecule has 0 aliphatic rings. The van der Waals surface area contributed by atoms with E-state index in [0.29, 0.717) is 17.2 Å². The van der Waals surface area contributed by atoms with Gasteiger partial charge in [-0.25, -0.2) is 4.98 Å². The molecule has 0 aliphatic carbocycles. The monoisotopic (exact) mass is 322 g/mol. The van der Waals surface area contributed by atoms with Crippen molar-refractivity contribution in [1.82, 2.24) is 4.98 Å². The summed E-state index contributed by atoms with van der Waals surface area (Å²) in [6.45, 7) is 0. The second-order valence-corrected chi connectivity index (χ2v) is 4.27. The number of ether oxygens (including phenoxy) is 1. The standard InChI is InChI=1S/C12H7IN2O/c13-9-3-1-4-10(7-9)16-12-5-2-6-15-11(12)8-14/h1-7H. The van der Waals surface area contributed by atoms with Crippen LogP contribution in [0, 0.1) is 14.9 Å². The molecule has 3 nitrogen and oxygen atoms in total. The van der Waals surface area contributed by atoms with E-state index in [2.05, 4.69) is 27.6 Å². The third-order valence-corrected chi connectivity index (χ3v) is 2.57. The summed E-state index contributed by atoms with van der Waals surface area (Å²) in [4.78, 5) is 3.93. The van der Waals surface area contributed by atoms with Gasteiger partial charge in [0, 0.05) is 9.77 Å². The van der Waals surface area contributed by atoms with Crippen molar-refractivity contribution in [3.8, 4) is 17.6 Å². The molecule has 1 heterocycles. The molecular weight excluding hydrogens is 315 g/mol. The number of rotatable bonds is 2. The van der Waals surface area contributed by atoms with Crippen LogP contribution in [0.1, 0.15) is 5.69 Å². The smallest absolute Gasteiger partial charge is 0.183 e. The van der Waals surface area contributed by atoms with Gasteiger partial charge in [0.05, 0.1) is 0 Å². The molecule has 2 rings (SSSR count). The second kappa shape index (κ2) is 4.94. The predicted octanol–water partition coefficient (Wildman–Crippen LogP) is 3.35. The van der Waals surface area contributed by atoms with E-state index in [9.17, 15) is 0 Å². The van der Waals surface area contributed by atoms with E-state index in [1.54, 1.807) is 18.3 Å². The first-order chi connectivity index (χ1) is 7.79. The van der Waals surface area contributed by atoms with E-state index in [1.807, 2.05) is 30.3 Å². The van der Waals surface area contributed by atoms with E-state index in [-0.39, 0.29) is 0 Å². The molecule has 0 spiro atoms. The highest BCUT2D eigenvalue weighted by Crippen LogP contribution is 2.24. The Bertz CT molecular complexity index is 549. The fraction of sp³-hybridized carbons (Fsp3) is 0. The Morgan fingerprint density at radius 1 is 1.25 bits per heavy atom. The number of pyridine rings is 1. The summed E-state index contributed by atoms with van der Waals surface area (Å²) in [5, 5.41) is 8.86. The van der Waals surface area contributed by atoms with Gasteiger partial charge in [-0.05, 0) is 52.9 Å². The average Bonchev–Trinajstić information content (AvgIpc) is 2.30. The molecule has 1 aromatic carbocycles. The molecule has 0 amide bonds. The molecule has 0 saturated carbocycles. The summed E-state index contributed by atoms with van der Waals surface area (Å²) in [6, 6.07) is 13.1. The van der Waals surface area contributed by atoms with Crippen LogP contribution >= 0.6 is 22.6 Å². The minimum Gasteiger partial charge on any atom is -0.454 e. The Morgan fingerprint density at radius 3 is 2.88 bits per heavy atom. The van der Waals surface area contributed by atoms with Gasteiger partial charge in [0.2, 0.25) is 0 Å². The van der Waals surface area contributed by atoms with Gasteiger partial charge in [-0.15, -0.1) is 0 Å². The maximum absolute atomic E-state index is 8.86. The molecule has 0 atom stereocenters. The molecule has 4 heteroatoms. The molecular formula is C12H7IN2O. The van der Waals surface area contributed by atoms with E-state index >= 15 is 0 Å². The molecule has 1 aromatic heterocycles. The normalized spacial score (nSPS) is 9.50. The lowest BCUT2D eigenvalue weighted by molar-refractivity contribution is 0.478. The lowest BCUT2D eigenvalue weighted by Crippen LogP contribution is -1.90. The van der Waals surface area contributed by atoms with Crippen LogP contribution in [0.4, 0.5) is 0 Å². The minimum atomic E-state index is 0.293. The van der Waals surface area contributed by atoms with Crippen LogP contribution in [0.15, 0.2) is 42.6 Å². The van der Waals surface area contributed by atoms with Gasteiger partial charge >= 0.3 is 0 Å². The van der Waals surface area contributed by atoms with Gasteiger partial charge in [-0.3, -0.25) is 0 Å². The molecule has 0 radical (unpaired) electrons. The van der Waals surface area contributed by atoms with E-state index in [0.717, 1.165) is 3.57 Å². The fourth-order valence-corrected chi connectivity index (χ4v) is 1.73. The number of halogens is 1. The summed E-state index contributed by atoms with van der Waals surface area (Å²) < 4.78 is 6.67. The molecule has 16 heavy (non-hydrogen) atoms. The highest BCUT2D eigenvalue weighted by molar-refractivity contribution is 14.1. The van der Waals surface area contributed by atoms with E-state index < -0.39 is 0 Å². The van der Waals surface area contributed by atoms with Crippen LogP contribution in [-0.4, -0.2) is 4.98 Å². The highest BCUT2D eigenvalue weighted by atomic mass is 127. The zero-order valence-corrected chi connectivity index (χ0v) is 10.4. The van der Waals surface area contributed by atoms with Crippen molar-refractivity contribution < 1.29 is 4.74 Å². The largest absolute Gasteiger partial charge is 0.454 e. The average molecular weight is 322 g/mol. The Labute approximate surface area is 107 Å². The number of aromatic nitrogens is 1. The van der Waals surface area contributed by atoms with Crippen LogP contribution in [0.2, 0.25) is 0 Å². The molecule has 2 aromatic rings. The van der Waals surface area contributed by atoms with Gasteiger partial charge in [0.15, 0.2) is 11.4 Å². The number of hydrogen-bond donors (Lipinski definition) is 0. The summed E-state index contributed by atoms with van der Waals surface area (Å²) in [7, 11) is 0. The van der Waals surface area contributed by atoms with Gasteiger partial charge in [0.25, 0.3) is 0 Å². The van der Waals surface area contributed by atoms with Crippen LogP contribution in [0.25, 0.3) is 0 Å². The third kappa shape index (κ3) is 2.49. The molecule has 78 valence electrons. The lowest BCUT2D eigenvalue weighted by Gasteiger charge is -2.06. The molecule has 0 unspecified atom stereocenters. The molecule has 0 saturated heterocycles. The van der Waals surface area contributed by atoms with E-state index in [1.165, 1.54) is 0 Å². The van der Waals surface area contributed by atoms with Crippen molar-refractivity contribution in [3.63, 3.8) is 0 Å². The predicted molar refractivity (Wildman–Crippen MR) is 68.2 cm³/mol. The number of benzene rings is 1. The minimum absolute atomic E-state index is 0.293. The zero-order valence-electron chi connectivity index (χ0n) is 8.22. The highest BCUT2D eigenvalue weighted by Gasteiger charge is 2.04. The van der Waals surface area contributed by atoms with Crippen LogP contribution in [-0.2, 0) is 0 Å². The van der Waals surface area contributed by atoms with Crippen molar-refractivity contribution in [2.24, 2.45) is 0 Å². The SMILES string of the molecule is N#Cc1ncccc1Oc1cccc(I)c1. The first-order valence-electron chi connectivity index (χ1n) is 4.58. The van der Waals surface area contributed by atoms with Crippen LogP contribution < -0.4 is 4.74 Å². The zero-order chi connectivity index (χ0) is 11.4. The summed E-state index contributed by atoms with van der Waals surface area (Å²) in [6.07, 6.45) is 1.57. The fourth-order valence-electron chi connectivity index (χ4n) is 1.21. The summed E-state index contributed by atoms with van der Waals surface area (Å²) in [5.74, 6) is 1.18. The number of nitriles is 1. The lowest BCUT2D eigenvalue weighted by atomic mass is 10.3. The summed E-state index contributed by atoms with van der Waals surface area (Å²) in [5.41, 5.74) is 0.293. The molecule has 0 fully saturated rings. The first-order valence-corrected chi connectivity index (χ1v) is 5.66. The Balaban J connectivity index is 2.31. The van der Waals surface area contributed by atoms with Crippen molar-refractivity contribution in [2.45, 2.75) is 0 Å².